The second-order valence-electron chi connectivity index (χ2n) is 7.21. The molecule has 1 fully saturated rings. The summed E-state index contributed by atoms with van der Waals surface area (Å²) in [6.07, 6.45) is 0.841. The monoisotopic (exact) mass is 425 g/mol. The highest BCUT2D eigenvalue weighted by molar-refractivity contribution is 6.32. The van der Waals surface area contributed by atoms with Crippen molar-refractivity contribution >= 4 is 17.5 Å². The van der Waals surface area contributed by atoms with Crippen molar-refractivity contribution in [2.45, 2.75) is 18.9 Å². The van der Waals surface area contributed by atoms with Crippen LogP contribution in [0.2, 0.25) is 5.02 Å². The Labute approximate surface area is 180 Å². The SMILES string of the molecule is O=C(Cc1ccccc1)N1CCOC(c2cc(CCOc3ccccc3Cl)[nH]n2)C1. The maximum absolute atomic E-state index is 12.7. The number of carbonyl (C=O) groups excluding carboxylic acids is 1. The first-order valence-corrected chi connectivity index (χ1v) is 10.4. The quantitative estimate of drug-likeness (QED) is 0.624. The van der Waals surface area contributed by atoms with Gasteiger partial charge in [-0.2, -0.15) is 5.10 Å². The maximum Gasteiger partial charge on any atom is 0.227 e. The normalized spacial score (nSPS) is 16.4. The van der Waals surface area contributed by atoms with Gasteiger partial charge in [0.1, 0.15) is 11.9 Å². The lowest BCUT2D eigenvalue weighted by Crippen LogP contribution is -2.43. The first-order chi connectivity index (χ1) is 14.7. The topological polar surface area (TPSA) is 67.5 Å². The minimum absolute atomic E-state index is 0.110. The number of carbonyl (C=O) groups is 1. The van der Waals surface area contributed by atoms with Gasteiger partial charge in [0, 0.05) is 18.7 Å². The molecule has 1 atom stereocenters. The fourth-order valence-corrected chi connectivity index (χ4v) is 3.63. The van der Waals surface area contributed by atoms with Crippen LogP contribution in [0.5, 0.6) is 5.75 Å². The van der Waals surface area contributed by atoms with Crippen molar-refractivity contribution in [3.63, 3.8) is 0 Å². The van der Waals surface area contributed by atoms with E-state index >= 15 is 0 Å². The van der Waals surface area contributed by atoms with Crippen molar-refractivity contribution in [3.8, 4) is 5.75 Å². The van der Waals surface area contributed by atoms with Crippen LogP contribution in [0.4, 0.5) is 0 Å². The van der Waals surface area contributed by atoms with E-state index in [0.29, 0.717) is 49.9 Å². The molecule has 2 heterocycles. The molecule has 1 aliphatic heterocycles. The van der Waals surface area contributed by atoms with Gasteiger partial charge in [-0.25, -0.2) is 0 Å². The van der Waals surface area contributed by atoms with Gasteiger partial charge >= 0.3 is 0 Å². The highest BCUT2D eigenvalue weighted by Gasteiger charge is 2.27. The lowest BCUT2D eigenvalue weighted by Gasteiger charge is -2.32. The zero-order valence-corrected chi connectivity index (χ0v) is 17.3. The molecular weight excluding hydrogens is 402 g/mol. The molecule has 6 nitrogen and oxygen atoms in total. The van der Waals surface area contributed by atoms with Crippen LogP contribution in [0.15, 0.2) is 60.7 Å². The van der Waals surface area contributed by atoms with Crippen LogP contribution in [0, 0.1) is 0 Å². The number of benzene rings is 2. The second-order valence-corrected chi connectivity index (χ2v) is 7.62. The number of halogens is 1. The van der Waals surface area contributed by atoms with Gasteiger partial charge in [-0.15, -0.1) is 0 Å². The smallest absolute Gasteiger partial charge is 0.227 e. The number of rotatable bonds is 7. The third-order valence-corrected chi connectivity index (χ3v) is 5.38. The lowest BCUT2D eigenvalue weighted by molar-refractivity contribution is -0.138. The zero-order chi connectivity index (χ0) is 20.8. The summed E-state index contributed by atoms with van der Waals surface area (Å²) in [4.78, 5) is 14.5. The molecule has 1 aromatic heterocycles. The van der Waals surface area contributed by atoms with Crippen molar-refractivity contribution in [1.29, 1.82) is 0 Å². The van der Waals surface area contributed by atoms with Gasteiger partial charge < -0.3 is 14.4 Å². The van der Waals surface area contributed by atoms with Crippen molar-refractivity contribution in [2.75, 3.05) is 26.3 Å². The van der Waals surface area contributed by atoms with E-state index in [1.54, 1.807) is 6.07 Å². The summed E-state index contributed by atoms with van der Waals surface area (Å²) in [5, 5.41) is 8.03. The Balaban J connectivity index is 1.30. The Morgan fingerprint density at radius 1 is 1.20 bits per heavy atom. The molecule has 0 radical (unpaired) electrons. The van der Waals surface area contributed by atoms with E-state index in [1.807, 2.05) is 59.5 Å². The zero-order valence-electron chi connectivity index (χ0n) is 16.6. The van der Waals surface area contributed by atoms with Crippen molar-refractivity contribution in [3.05, 3.63) is 82.6 Å². The molecular formula is C23H24ClN3O3. The number of nitrogens with zero attached hydrogens (tertiary/aromatic N) is 2. The molecule has 1 N–H and O–H groups in total. The minimum Gasteiger partial charge on any atom is -0.492 e. The number of hydrogen-bond acceptors (Lipinski definition) is 4. The molecule has 4 rings (SSSR count). The summed E-state index contributed by atoms with van der Waals surface area (Å²) in [7, 11) is 0. The minimum atomic E-state index is -0.229. The van der Waals surface area contributed by atoms with Crippen LogP contribution in [0.3, 0.4) is 0 Å². The Morgan fingerprint density at radius 3 is 2.83 bits per heavy atom. The Kier molecular flexibility index (Phi) is 6.67. The van der Waals surface area contributed by atoms with E-state index in [1.165, 1.54) is 0 Å². The third-order valence-electron chi connectivity index (χ3n) is 5.06. The number of aromatic nitrogens is 2. The van der Waals surface area contributed by atoms with Gasteiger partial charge in [0.25, 0.3) is 0 Å². The molecule has 1 saturated heterocycles. The second kappa shape index (κ2) is 9.78. The van der Waals surface area contributed by atoms with Crippen molar-refractivity contribution < 1.29 is 14.3 Å². The van der Waals surface area contributed by atoms with Gasteiger partial charge in [0.05, 0.1) is 36.9 Å². The Hall–Kier alpha value is -2.83. The molecule has 2 aromatic carbocycles. The molecule has 1 unspecified atom stereocenters. The van der Waals surface area contributed by atoms with E-state index in [9.17, 15) is 4.79 Å². The molecule has 0 saturated carbocycles. The number of H-pyrrole nitrogens is 1. The summed E-state index contributed by atoms with van der Waals surface area (Å²) >= 11 is 6.11. The molecule has 3 aromatic rings. The fraction of sp³-hybridized carbons (Fsp3) is 0.304. The summed E-state index contributed by atoms with van der Waals surface area (Å²) in [5.74, 6) is 0.778. The number of aromatic amines is 1. The van der Waals surface area contributed by atoms with E-state index in [4.69, 9.17) is 21.1 Å². The molecule has 1 aliphatic rings. The first-order valence-electron chi connectivity index (χ1n) is 10.0. The van der Waals surface area contributed by atoms with Gasteiger partial charge in [-0.1, -0.05) is 54.1 Å². The number of hydrogen-bond donors (Lipinski definition) is 1. The number of morpholine rings is 1. The molecule has 30 heavy (non-hydrogen) atoms. The van der Waals surface area contributed by atoms with Crippen LogP contribution in [0.1, 0.15) is 23.1 Å². The van der Waals surface area contributed by atoms with Crippen LogP contribution in [-0.4, -0.2) is 47.3 Å². The molecule has 0 aliphatic carbocycles. The van der Waals surface area contributed by atoms with Gasteiger partial charge in [-0.3, -0.25) is 9.89 Å². The number of para-hydroxylation sites is 1. The van der Waals surface area contributed by atoms with Crippen LogP contribution < -0.4 is 4.74 Å². The van der Waals surface area contributed by atoms with Crippen LogP contribution in [-0.2, 0) is 22.4 Å². The van der Waals surface area contributed by atoms with Gasteiger partial charge in [0.15, 0.2) is 0 Å². The molecule has 156 valence electrons. The average Bonchev–Trinajstić information content (AvgIpc) is 3.25. The van der Waals surface area contributed by atoms with E-state index in [-0.39, 0.29) is 12.0 Å². The van der Waals surface area contributed by atoms with Crippen molar-refractivity contribution in [2.24, 2.45) is 0 Å². The fourth-order valence-electron chi connectivity index (χ4n) is 3.44. The van der Waals surface area contributed by atoms with E-state index < -0.39 is 0 Å². The summed E-state index contributed by atoms with van der Waals surface area (Å²) in [6, 6.07) is 19.2. The highest BCUT2D eigenvalue weighted by atomic mass is 35.5. The predicted molar refractivity (Wildman–Crippen MR) is 115 cm³/mol. The molecule has 0 bridgehead atoms. The highest BCUT2D eigenvalue weighted by Crippen LogP contribution is 2.24. The molecule has 7 heteroatoms. The first kappa shape index (κ1) is 20.4. The van der Waals surface area contributed by atoms with Gasteiger partial charge in [-0.05, 0) is 23.8 Å². The van der Waals surface area contributed by atoms with Crippen LogP contribution >= 0.6 is 11.6 Å². The summed E-state index contributed by atoms with van der Waals surface area (Å²) in [6.45, 7) is 2.10. The lowest BCUT2D eigenvalue weighted by atomic mass is 10.1. The Bertz CT molecular complexity index is 977. The predicted octanol–water partition coefficient (Wildman–Crippen LogP) is 3.83. The maximum atomic E-state index is 12.7. The largest absolute Gasteiger partial charge is 0.492 e. The number of ether oxygens (including phenoxy) is 2. The average molecular weight is 426 g/mol. The number of nitrogens with one attached hydrogen (secondary N) is 1. The molecule has 1 amide bonds. The summed E-state index contributed by atoms with van der Waals surface area (Å²) < 4.78 is 11.6. The van der Waals surface area contributed by atoms with Gasteiger partial charge in [0.2, 0.25) is 5.91 Å². The van der Waals surface area contributed by atoms with Crippen LogP contribution in [0.25, 0.3) is 0 Å². The van der Waals surface area contributed by atoms with Crippen molar-refractivity contribution in [1.82, 2.24) is 15.1 Å². The Morgan fingerprint density at radius 2 is 2.00 bits per heavy atom. The third kappa shape index (κ3) is 5.20. The summed E-state index contributed by atoms with van der Waals surface area (Å²) in [5.41, 5.74) is 2.78. The van der Waals surface area contributed by atoms with E-state index in [0.717, 1.165) is 17.0 Å². The van der Waals surface area contributed by atoms with E-state index in [2.05, 4.69) is 10.2 Å². The standard InChI is InChI=1S/C23H24ClN3O3/c24-19-8-4-5-9-21(19)29-12-10-18-15-20(26-25-18)22-16-27(11-13-30-22)23(28)14-17-6-2-1-3-7-17/h1-9,15,22H,10-14,16H2,(H,25,26). The molecule has 0 spiro atoms. The number of amides is 1.